The summed E-state index contributed by atoms with van der Waals surface area (Å²) in [6.07, 6.45) is 2.21. The lowest BCUT2D eigenvalue weighted by molar-refractivity contribution is 1.12. The molecule has 0 unspecified atom stereocenters. The third-order valence-electron chi connectivity index (χ3n) is 8.91. The molecule has 0 aliphatic carbocycles. The van der Waals surface area contributed by atoms with Crippen LogP contribution in [0, 0.1) is 0 Å². The predicted octanol–water partition coefficient (Wildman–Crippen LogP) is 11.4. The Kier molecular flexibility index (Phi) is 5.82. The number of hydrogen-bond donors (Lipinski definition) is 0. The van der Waals surface area contributed by atoms with Crippen molar-refractivity contribution in [2.75, 3.05) is 4.90 Å². The van der Waals surface area contributed by atoms with Gasteiger partial charge in [0, 0.05) is 56.2 Å². The quantitative estimate of drug-likeness (QED) is 0.199. The number of aromatic nitrogens is 2. The zero-order valence-electron chi connectivity index (χ0n) is 24.6. The smallest absolute Gasteiger partial charge is 0.0626 e. The maximum absolute atomic E-state index is 2.43. The number of benzene rings is 7. The first-order chi connectivity index (χ1) is 22.3. The molecule has 0 atom stereocenters. The molecule has 0 spiro atoms. The Labute approximate surface area is 261 Å². The Bertz CT molecular complexity index is 2420. The molecular formula is C42H29N3. The van der Waals surface area contributed by atoms with E-state index in [1.165, 1.54) is 49.2 Å². The molecule has 7 aromatic carbocycles. The summed E-state index contributed by atoms with van der Waals surface area (Å²) in [5.41, 5.74) is 9.34. The Morgan fingerprint density at radius 1 is 0.378 bits per heavy atom. The van der Waals surface area contributed by atoms with Crippen LogP contribution in [0.5, 0.6) is 0 Å². The van der Waals surface area contributed by atoms with Gasteiger partial charge in [-0.25, -0.2) is 0 Å². The zero-order chi connectivity index (χ0) is 29.7. The van der Waals surface area contributed by atoms with Crippen LogP contribution in [0.1, 0.15) is 0 Å². The van der Waals surface area contributed by atoms with Gasteiger partial charge in [-0.05, 0) is 84.2 Å². The molecule has 0 bridgehead atoms. The molecule has 2 aromatic heterocycles. The van der Waals surface area contributed by atoms with Gasteiger partial charge in [-0.3, -0.25) is 0 Å². The molecule has 0 aliphatic rings. The summed E-state index contributed by atoms with van der Waals surface area (Å²) in [6.45, 7) is 0. The molecule has 212 valence electrons. The fourth-order valence-corrected chi connectivity index (χ4v) is 6.92. The molecule has 9 rings (SSSR count). The average molecular weight is 576 g/mol. The lowest BCUT2D eigenvalue weighted by atomic mass is 10.0. The van der Waals surface area contributed by atoms with Gasteiger partial charge >= 0.3 is 0 Å². The van der Waals surface area contributed by atoms with Gasteiger partial charge in [-0.2, -0.15) is 0 Å². The van der Waals surface area contributed by atoms with Crippen LogP contribution < -0.4 is 4.90 Å². The molecule has 0 radical (unpaired) electrons. The number of para-hydroxylation sites is 4. The first kappa shape index (κ1) is 25.4. The van der Waals surface area contributed by atoms with E-state index in [9.17, 15) is 0 Å². The van der Waals surface area contributed by atoms with E-state index in [0.717, 1.165) is 22.7 Å². The van der Waals surface area contributed by atoms with Crippen molar-refractivity contribution < 1.29 is 0 Å². The highest BCUT2D eigenvalue weighted by Gasteiger charge is 2.18. The molecule has 0 saturated heterocycles. The average Bonchev–Trinajstić information content (AvgIpc) is 3.70. The van der Waals surface area contributed by atoms with Gasteiger partial charge < -0.3 is 14.0 Å². The topological polar surface area (TPSA) is 13.1 Å². The maximum atomic E-state index is 2.43. The molecule has 2 heterocycles. The van der Waals surface area contributed by atoms with Crippen LogP contribution in [-0.2, 0) is 0 Å². The minimum absolute atomic E-state index is 1.12. The fourth-order valence-electron chi connectivity index (χ4n) is 6.92. The highest BCUT2D eigenvalue weighted by Crippen LogP contribution is 2.40. The van der Waals surface area contributed by atoms with Crippen LogP contribution >= 0.6 is 0 Å². The van der Waals surface area contributed by atoms with Crippen molar-refractivity contribution in [1.29, 1.82) is 0 Å². The molecular weight excluding hydrogens is 546 g/mol. The summed E-state index contributed by atoms with van der Waals surface area (Å²) in [6, 6.07) is 60.8. The van der Waals surface area contributed by atoms with Crippen molar-refractivity contribution in [3.63, 3.8) is 0 Å². The number of fused-ring (bicyclic) bond motifs is 7. The van der Waals surface area contributed by atoms with Crippen LogP contribution in [0.3, 0.4) is 0 Å². The lowest BCUT2D eigenvalue weighted by Crippen LogP contribution is -2.09. The Hall–Kier alpha value is -6.06. The first-order valence-corrected chi connectivity index (χ1v) is 15.4. The molecule has 3 heteroatoms. The summed E-state index contributed by atoms with van der Waals surface area (Å²) in [5, 5.41) is 6.31. The van der Waals surface area contributed by atoms with Gasteiger partial charge in [0.2, 0.25) is 0 Å². The SMILES string of the molecule is c1ccc(N(c2ccccc2)c2ccc(-n3ccc4c5c(ccc6c7ccccc7n(-c7ccccc7)c65)ccc43)cc2)cc1. The van der Waals surface area contributed by atoms with Crippen LogP contribution in [-0.4, -0.2) is 9.13 Å². The molecule has 0 saturated carbocycles. The number of nitrogens with zero attached hydrogens (tertiary/aromatic N) is 3. The highest BCUT2D eigenvalue weighted by atomic mass is 15.1. The summed E-state index contributed by atoms with van der Waals surface area (Å²) >= 11 is 0. The fraction of sp³-hybridized carbons (Fsp3) is 0. The number of hydrogen-bond acceptors (Lipinski definition) is 1. The van der Waals surface area contributed by atoms with Crippen LogP contribution in [0.2, 0.25) is 0 Å². The second-order valence-corrected chi connectivity index (χ2v) is 11.5. The van der Waals surface area contributed by atoms with Crippen molar-refractivity contribution in [3.8, 4) is 11.4 Å². The van der Waals surface area contributed by atoms with Gasteiger partial charge in [-0.15, -0.1) is 0 Å². The number of anilines is 3. The molecule has 0 N–H and O–H groups in total. The van der Waals surface area contributed by atoms with Gasteiger partial charge in [0.05, 0.1) is 16.6 Å². The van der Waals surface area contributed by atoms with E-state index in [4.69, 9.17) is 0 Å². The zero-order valence-corrected chi connectivity index (χ0v) is 24.6. The summed E-state index contributed by atoms with van der Waals surface area (Å²) in [5.74, 6) is 0. The van der Waals surface area contributed by atoms with Crippen LogP contribution in [0.4, 0.5) is 17.1 Å². The molecule has 45 heavy (non-hydrogen) atoms. The molecule has 0 aliphatic heterocycles. The Morgan fingerprint density at radius 3 is 1.69 bits per heavy atom. The van der Waals surface area contributed by atoms with Crippen molar-refractivity contribution in [1.82, 2.24) is 9.13 Å². The maximum Gasteiger partial charge on any atom is 0.0626 e. The molecule has 0 fully saturated rings. The second kappa shape index (κ2) is 10.3. The molecule has 3 nitrogen and oxygen atoms in total. The van der Waals surface area contributed by atoms with E-state index < -0.39 is 0 Å². The van der Waals surface area contributed by atoms with E-state index in [2.05, 4.69) is 190 Å². The lowest BCUT2D eigenvalue weighted by Gasteiger charge is -2.25. The van der Waals surface area contributed by atoms with E-state index in [1.807, 2.05) is 0 Å². The summed E-state index contributed by atoms with van der Waals surface area (Å²) in [7, 11) is 0. The van der Waals surface area contributed by atoms with Crippen molar-refractivity contribution in [2.24, 2.45) is 0 Å². The minimum Gasteiger partial charge on any atom is -0.317 e. The number of rotatable bonds is 5. The summed E-state index contributed by atoms with van der Waals surface area (Å²) in [4.78, 5) is 2.30. The standard InChI is InChI=1S/C42H29N3/c1-4-12-32(13-5-1)44(33-14-6-2-7-15-33)35-24-22-31(23-25-35)43-29-28-38-39(43)27-21-30-20-26-37-36-18-10-11-19-40(36)45(42(37)41(30)38)34-16-8-3-9-17-34/h1-29H. The van der Waals surface area contributed by atoms with Crippen molar-refractivity contribution >= 4 is 60.5 Å². The minimum atomic E-state index is 1.12. The highest BCUT2D eigenvalue weighted by molar-refractivity contribution is 6.25. The predicted molar refractivity (Wildman–Crippen MR) is 190 cm³/mol. The van der Waals surface area contributed by atoms with Crippen molar-refractivity contribution in [2.45, 2.75) is 0 Å². The second-order valence-electron chi connectivity index (χ2n) is 11.5. The van der Waals surface area contributed by atoms with Gasteiger partial charge in [0.25, 0.3) is 0 Å². The third-order valence-corrected chi connectivity index (χ3v) is 8.91. The largest absolute Gasteiger partial charge is 0.317 e. The van der Waals surface area contributed by atoms with Gasteiger partial charge in [0.1, 0.15) is 0 Å². The van der Waals surface area contributed by atoms with Gasteiger partial charge in [0.15, 0.2) is 0 Å². The monoisotopic (exact) mass is 575 g/mol. The first-order valence-electron chi connectivity index (χ1n) is 15.4. The van der Waals surface area contributed by atoms with Crippen LogP contribution in [0.15, 0.2) is 176 Å². The molecule has 9 aromatic rings. The van der Waals surface area contributed by atoms with Crippen molar-refractivity contribution in [3.05, 3.63) is 176 Å². The molecule has 0 amide bonds. The van der Waals surface area contributed by atoms with Gasteiger partial charge in [-0.1, -0.05) is 91.0 Å². The third kappa shape index (κ3) is 4.05. The van der Waals surface area contributed by atoms with E-state index in [0.29, 0.717) is 0 Å². The normalized spacial score (nSPS) is 11.6. The summed E-state index contributed by atoms with van der Waals surface area (Å²) < 4.78 is 4.74. The Morgan fingerprint density at radius 2 is 0.978 bits per heavy atom. The van der Waals surface area contributed by atoms with Crippen LogP contribution in [0.25, 0.3) is 54.9 Å². The van der Waals surface area contributed by atoms with E-state index in [1.54, 1.807) is 0 Å². The van der Waals surface area contributed by atoms with E-state index in [-0.39, 0.29) is 0 Å². The van der Waals surface area contributed by atoms with E-state index >= 15 is 0 Å². The Balaban J connectivity index is 1.23.